The van der Waals surface area contributed by atoms with Crippen molar-refractivity contribution >= 4 is 40.1 Å². The van der Waals surface area contributed by atoms with Crippen molar-refractivity contribution in [2.45, 2.75) is 13.0 Å². The third-order valence-corrected chi connectivity index (χ3v) is 3.61. The molecule has 0 radical (unpaired) electrons. The Hall–Kier alpha value is -2.18. The molecule has 2 heterocycles. The molecule has 0 amide bonds. The molecule has 0 unspecified atom stereocenters. The summed E-state index contributed by atoms with van der Waals surface area (Å²) in [5, 5.41) is 4.56. The normalized spacial score (nSPS) is 12.3. The van der Waals surface area contributed by atoms with Crippen LogP contribution in [0.3, 0.4) is 0 Å². The molecule has 0 fully saturated rings. The predicted octanol–water partition coefficient (Wildman–Crippen LogP) is 3.19. The Morgan fingerprint density at radius 1 is 1.23 bits per heavy atom. The summed E-state index contributed by atoms with van der Waals surface area (Å²) < 4.78 is 0. The van der Waals surface area contributed by atoms with Crippen molar-refractivity contribution in [3.63, 3.8) is 0 Å². The van der Waals surface area contributed by atoms with Gasteiger partial charge in [0.1, 0.15) is 6.33 Å². The van der Waals surface area contributed by atoms with Crippen LogP contribution >= 0.6 is 23.2 Å². The maximum absolute atomic E-state index is 12.2. The summed E-state index contributed by atoms with van der Waals surface area (Å²) in [6.07, 6.45) is 1.30. The third-order valence-electron chi connectivity index (χ3n) is 3.19. The molecule has 0 spiro atoms. The van der Waals surface area contributed by atoms with Gasteiger partial charge in [-0.25, -0.2) is 9.97 Å². The molecule has 2 aromatic heterocycles. The van der Waals surface area contributed by atoms with E-state index >= 15 is 0 Å². The average Bonchev–Trinajstić information content (AvgIpc) is 2.47. The van der Waals surface area contributed by atoms with Gasteiger partial charge in [-0.2, -0.15) is 4.98 Å². The molecule has 22 heavy (non-hydrogen) atoms. The van der Waals surface area contributed by atoms with Crippen LogP contribution in [0.1, 0.15) is 18.5 Å². The van der Waals surface area contributed by atoms with Crippen molar-refractivity contribution in [1.29, 1.82) is 0 Å². The van der Waals surface area contributed by atoms with Crippen LogP contribution in [0.4, 0.5) is 5.95 Å². The fourth-order valence-electron chi connectivity index (χ4n) is 2.13. The lowest BCUT2D eigenvalue weighted by atomic mass is 10.1. The molecule has 0 saturated heterocycles. The van der Waals surface area contributed by atoms with Crippen molar-refractivity contribution in [1.82, 2.24) is 19.9 Å². The summed E-state index contributed by atoms with van der Waals surface area (Å²) in [7, 11) is 0. The van der Waals surface area contributed by atoms with Crippen LogP contribution in [0.2, 0.25) is 10.3 Å². The van der Waals surface area contributed by atoms with Gasteiger partial charge < -0.3 is 10.3 Å². The van der Waals surface area contributed by atoms with Crippen molar-refractivity contribution in [2.24, 2.45) is 0 Å². The van der Waals surface area contributed by atoms with Gasteiger partial charge in [0.05, 0.1) is 6.04 Å². The van der Waals surface area contributed by atoms with E-state index in [4.69, 9.17) is 23.2 Å². The molecular weight excluding hydrogens is 325 g/mol. The minimum Gasteiger partial charge on any atom is -0.347 e. The molecule has 1 aromatic carbocycles. The smallest absolute Gasteiger partial charge is 0.253 e. The summed E-state index contributed by atoms with van der Waals surface area (Å²) in [5.74, 6) is 0.304. The number of pyridine rings is 1. The fraction of sp³-hybridized carbons (Fsp3) is 0.143. The first-order valence-corrected chi connectivity index (χ1v) is 7.22. The number of fused-ring (bicyclic) bond motifs is 1. The lowest BCUT2D eigenvalue weighted by molar-refractivity contribution is 0.839. The Bertz CT molecular complexity index is 896. The second-order valence-corrected chi connectivity index (χ2v) is 5.50. The minimum atomic E-state index is -0.314. The van der Waals surface area contributed by atoms with Gasteiger partial charge in [0, 0.05) is 21.5 Å². The Morgan fingerprint density at radius 3 is 2.82 bits per heavy atom. The first-order chi connectivity index (χ1) is 10.5. The van der Waals surface area contributed by atoms with E-state index in [-0.39, 0.29) is 16.9 Å². The van der Waals surface area contributed by atoms with E-state index in [1.807, 2.05) is 6.92 Å². The van der Waals surface area contributed by atoms with Crippen LogP contribution < -0.4 is 10.9 Å². The summed E-state index contributed by atoms with van der Waals surface area (Å²) >= 11 is 11.7. The van der Waals surface area contributed by atoms with Crippen LogP contribution in [0.5, 0.6) is 0 Å². The predicted molar refractivity (Wildman–Crippen MR) is 86.5 cm³/mol. The van der Waals surface area contributed by atoms with Gasteiger partial charge in [0.15, 0.2) is 0 Å². The highest BCUT2D eigenvalue weighted by atomic mass is 35.5. The number of nitrogens with zero attached hydrogens (tertiary/aromatic N) is 3. The van der Waals surface area contributed by atoms with Gasteiger partial charge in [-0.15, -0.1) is 0 Å². The summed E-state index contributed by atoms with van der Waals surface area (Å²) in [5.41, 5.74) is 1.09. The molecule has 8 heteroatoms. The number of halogens is 2. The van der Waals surface area contributed by atoms with E-state index in [0.717, 1.165) is 10.9 Å². The Kier molecular flexibility index (Phi) is 3.96. The maximum atomic E-state index is 12.2. The number of aromatic nitrogens is 4. The monoisotopic (exact) mass is 335 g/mol. The van der Waals surface area contributed by atoms with E-state index < -0.39 is 0 Å². The van der Waals surface area contributed by atoms with Crippen LogP contribution in [0, 0.1) is 0 Å². The lowest BCUT2D eigenvalue weighted by Gasteiger charge is -2.14. The molecule has 0 aliphatic heterocycles. The Labute approximate surface area is 135 Å². The lowest BCUT2D eigenvalue weighted by Crippen LogP contribution is -2.20. The second kappa shape index (κ2) is 5.90. The maximum Gasteiger partial charge on any atom is 0.253 e. The summed E-state index contributed by atoms with van der Waals surface area (Å²) in [6.45, 7) is 1.83. The standard InChI is InChI=1S/C14H11Cl2N5O/c1-7(19-14-18-6-17-13(16)21-14)10-5-8-4-9(15)2-3-11(8)20-12(10)22/h2-7H,1H3,(H,20,22)(H,17,18,19,21)/t7-/m0/s1. The number of hydrogen-bond acceptors (Lipinski definition) is 5. The van der Waals surface area contributed by atoms with Gasteiger partial charge in [-0.1, -0.05) is 11.6 Å². The summed E-state index contributed by atoms with van der Waals surface area (Å²) in [4.78, 5) is 26.7. The molecule has 2 N–H and O–H groups in total. The van der Waals surface area contributed by atoms with E-state index in [9.17, 15) is 4.79 Å². The molecule has 0 bridgehead atoms. The first-order valence-electron chi connectivity index (χ1n) is 6.46. The highest BCUT2D eigenvalue weighted by Gasteiger charge is 2.13. The van der Waals surface area contributed by atoms with Gasteiger partial charge in [-0.05, 0) is 42.8 Å². The molecule has 6 nitrogen and oxygen atoms in total. The van der Waals surface area contributed by atoms with Gasteiger partial charge in [0.25, 0.3) is 5.56 Å². The zero-order chi connectivity index (χ0) is 15.7. The average molecular weight is 336 g/mol. The number of H-pyrrole nitrogens is 1. The number of aromatic amines is 1. The molecule has 1 atom stereocenters. The molecule has 3 aromatic rings. The topological polar surface area (TPSA) is 83.6 Å². The van der Waals surface area contributed by atoms with Gasteiger partial charge in [0.2, 0.25) is 11.2 Å². The number of anilines is 1. The first kappa shape index (κ1) is 14.7. The van der Waals surface area contributed by atoms with Crippen molar-refractivity contribution in [3.05, 3.63) is 56.8 Å². The van der Waals surface area contributed by atoms with Gasteiger partial charge in [-0.3, -0.25) is 4.79 Å². The van der Waals surface area contributed by atoms with E-state index in [2.05, 4.69) is 25.3 Å². The van der Waals surface area contributed by atoms with Gasteiger partial charge >= 0.3 is 0 Å². The van der Waals surface area contributed by atoms with Crippen LogP contribution in [0.15, 0.2) is 35.4 Å². The van der Waals surface area contributed by atoms with Crippen LogP contribution in [0.25, 0.3) is 10.9 Å². The number of benzene rings is 1. The second-order valence-electron chi connectivity index (χ2n) is 4.73. The van der Waals surface area contributed by atoms with E-state index in [1.165, 1.54) is 6.33 Å². The number of rotatable bonds is 3. The molecule has 112 valence electrons. The number of nitrogens with one attached hydrogen (secondary N) is 2. The van der Waals surface area contributed by atoms with Crippen LogP contribution in [-0.2, 0) is 0 Å². The van der Waals surface area contributed by atoms with Crippen molar-refractivity contribution in [2.75, 3.05) is 5.32 Å². The third kappa shape index (κ3) is 3.03. The zero-order valence-electron chi connectivity index (χ0n) is 11.5. The Morgan fingerprint density at radius 2 is 2.05 bits per heavy atom. The van der Waals surface area contributed by atoms with E-state index in [0.29, 0.717) is 16.5 Å². The highest BCUT2D eigenvalue weighted by molar-refractivity contribution is 6.31. The SMILES string of the molecule is C[C@H](Nc1ncnc(Cl)n1)c1cc2cc(Cl)ccc2[nH]c1=O. The zero-order valence-corrected chi connectivity index (χ0v) is 13.0. The molecule has 0 aliphatic carbocycles. The molecule has 0 saturated carbocycles. The Balaban J connectivity index is 1.98. The minimum absolute atomic E-state index is 0.0869. The summed E-state index contributed by atoms with van der Waals surface area (Å²) in [6, 6.07) is 6.77. The molecular formula is C14H11Cl2N5O. The molecule has 0 aliphatic rings. The largest absolute Gasteiger partial charge is 0.347 e. The highest BCUT2D eigenvalue weighted by Crippen LogP contribution is 2.20. The van der Waals surface area contributed by atoms with Crippen LogP contribution in [-0.4, -0.2) is 19.9 Å². The van der Waals surface area contributed by atoms with Crippen molar-refractivity contribution < 1.29 is 0 Å². The van der Waals surface area contributed by atoms with Crippen molar-refractivity contribution in [3.8, 4) is 0 Å². The quantitative estimate of drug-likeness (QED) is 0.767. The molecule has 3 rings (SSSR count). The fourth-order valence-corrected chi connectivity index (χ4v) is 2.44. The number of hydrogen-bond donors (Lipinski definition) is 2. The van der Waals surface area contributed by atoms with E-state index in [1.54, 1.807) is 24.3 Å².